The van der Waals surface area contributed by atoms with Crippen LogP contribution in [0.4, 0.5) is 0 Å². The van der Waals surface area contributed by atoms with Crippen LogP contribution in [-0.2, 0) is 20.9 Å². The Morgan fingerprint density at radius 2 is 1.97 bits per heavy atom. The molecule has 1 saturated carbocycles. The fourth-order valence-electron chi connectivity index (χ4n) is 3.61. The first-order valence-corrected chi connectivity index (χ1v) is 10.8. The molecule has 0 bridgehead atoms. The number of carbonyl (C=O) groups is 3. The molecule has 1 atom stereocenters. The van der Waals surface area contributed by atoms with Crippen LogP contribution in [0.3, 0.4) is 0 Å². The highest BCUT2D eigenvalue weighted by Gasteiger charge is 2.38. The van der Waals surface area contributed by atoms with E-state index in [1.807, 2.05) is 17.5 Å². The third kappa shape index (κ3) is 5.26. The van der Waals surface area contributed by atoms with Gasteiger partial charge in [0.05, 0.1) is 12.8 Å². The second-order valence-electron chi connectivity index (χ2n) is 7.48. The molecule has 1 fully saturated rings. The summed E-state index contributed by atoms with van der Waals surface area (Å²) in [6, 6.07) is 5.77. The summed E-state index contributed by atoms with van der Waals surface area (Å²) in [6.45, 7) is 3.91. The Morgan fingerprint density at radius 3 is 2.55 bits per heavy atom. The lowest BCUT2D eigenvalue weighted by Gasteiger charge is -2.32. The summed E-state index contributed by atoms with van der Waals surface area (Å²) < 4.78 is 5.46. The van der Waals surface area contributed by atoms with Crippen molar-refractivity contribution in [2.75, 3.05) is 0 Å². The lowest BCUT2D eigenvalue weighted by atomic mass is 10.1. The zero-order valence-corrected chi connectivity index (χ0v) is 17.5. The van der Waals surface area contributed by atoms with E-state index >= 15 is 0 Å². The molecule has 0 aromatic carbocycles. The molecule has 2 aromatic rings. The average Bonchev–Trinajstić information content (AvgIpc) is 3.46. The third-order valence-corrected chi connectivity index (χ3v) is 5.91. The Morgan fingerprint density at radius 1 is 1.21 bits per heavy atom. The van der Waals surface area contributed by atoms with Crippen molar-refractivity contribution in [1.82, 2.24) is 15.5 Å². The summed E-state index contributed by atoms with van der Waals surface area (Å²) in [6.07, 6.45) is 5.31. The Bertz CT molecular complexity index is 811. The van der Waals surface area contributed by atoms with Crippen molar-refractivity contribution in [3.05, 3.63) is 46.5 Å². The molecule has 0 radical (unpaired) electrons. The monoisotopic (exact) mass is 417 g/mol. The SMILES string of the molecule is CC(C)N(C(=O)C(=O)NC1CCCC1)[C@H](C(=O)NCc1cccs1)c1ccco1. The van der Waals surface area contributed by atoms with Gasteiger partial charge in [-0.25, -0.2) is 0 Å². The van der Waals surface area contributed by atoms with Crippen molar-refractivity contribution in [2.45, 2.75) is 64.2 Å². The van der Waals surface area contributed by atoms with Gasteiger partial charge in [-0.2, -0.15) is 0 Å². The van der Waals surface area contributed by atoms with Crippen molar-refractivity contribution in [3.63, 3.8) is 0 Å². The Hall–Kier alpha value is -2.61. The van der Waals surface area contributed by atoms with Crippen LogP contribution >= 0.6 is 11.3 Å². The van der Waals surface area contributed by atoms with Crippen LogP contribution in [-0.4, -0.2) is 34.7 Å². The quantitative estimate of drug-likeness (QED) is 0.678. The standard InChI is InChI=1S/C21H27N3O4S/c1-14(2)24(21(27)20(26)23-15-7-3-4-8-15)18(17-10-5-11-28-17)19(25)22-13-16-9-6-12-29-16/h5-6,9-12,14-15,18H,3-4,7-8,13H2,1-2H3,(H,22,25)(H,23,26)/t18-/m0/s1. The predicted octanol–water partition coefficient (Wildman–Crippen LogP) is 2.99. The van der Waals surface area contributed by atoms with Gasteiger partial charge in [-0.3, -0.25) is 14.4 Å². The maximum Gasteiger partial charge on any atom is 0.313 e. The number of nitrogens with one attached hydrogen (secondary N) is 2. The number of hydrogen-bond acceptors (Lipinski definition) is 5. The van der Waals surface area contributed by atoms with E-state index in [4.69, 9.17) is 4.42 Å². The van der Waals surface area contributed by atoms with E-state index in [2.05, 4.69) is 10.6 Å². The number of furan rings is 1. The molecule has 3 rings (SSSR count). The van der Waals surface area contributed by atoms with E-state index in [0.717, 1.165) is 30.6 Å². The second kappa shape index (κ2) is 9.73. The molecular formula is C21H27N3O4S. The molecule has 2 N–H and O–H groups in total. The van der Waals surface area contributed by atoms with Crippen LogP contribution in [0.2, 0.25) is 0 Å². The highest BCUT2D eigenvalue weighted by molar-refractivity contribution is 7.09. The molecule has 7 nitrogen and oxygen atoms in total. The number of thiophene rings is 1. The molecule has 1 aliphatic carbocycles. The molecular weight excluding hydrogens is 390 g/mol. The van der Waals surface area contributed by atoms with E-state index in [0.29, 0.717) is 12.3 Å². The number of nitrogens with zero attached hydrogens (tertiary/aromatic N) is 1. The third-order valence-electron chi connectivity index (χ3n) is 5.03. The van der Waals surface area contributed by atoms with Crippen molar-refractivity contribution >= 4 is 29.1 Å². The summed E-state index contributed by atoms with van der Waals surface area (Å²) in [5.74, 6) is -1.46. The van der Waals surface area contributed by atoms with Gasteiger partial charge in [0, 0.05) is 17.0 Å². The first kappa shape index (κ1) is 21.1. The number of amides is 3. The fourth-order valence-corrected chi connectivity index (χ4v) is 4.25. The minimum absolute atomic E-state index is 0.0233. The molecule has 156 valence electrons. The van der Waals surface area contributed by atoms with Gasteiger partial charge in [0.15, 0.2) is 6.04 Å². The summed E-state index contributed by atoms with van der Waals surface area (Å²) in [5, 5.41) is 7.61. The van der Waals surface area contributed by atoms with Gasteiger partial charge in [-0.05, 0) is 50.3 Å². The maximum absolute atomic E-state index is 13.1. The van der Waals surface area contributed by atoms with Crippen molar-refractivity contribution < 1.29 is 18.8 Å². The van der Waals surface area contributed by atoms with E-state index in [1.54, 1.807) is 26.0 Å². The maximum atomic E-state index is 13.1. The molecule has 3 amide bonds. The Kier molecular flexibility index (Phi) is 7.09. The number of carbonyl (C=O) groups excluding carboxylic acids is 3. The van der Waals surface area contributed by atoms with Crippen molar-refractivity contribution in [1.29, 1.82) is 0 Å². The fraction of sp³-hybridized carbons (Fsp3) is 0.476. The summed E-state index contributed by atoms with van der Waals surface area (Å²) in [7, 11) is 0. The zero-order chi connectivity index (χ0) is 20.8. The summed E-state index contributed by atoms with van der Waals surface area (Å²) in [4.78, 5) is 41.0. The van der Waals surface area contributed by atoms with E-state index in [-0.39, 0.29) is 18.0 Å². The van der Waals surface area contributed by atoms with Crippen LogP contribution in [0.5, 0.6) is 0 Å². The highest BCUT2D eigenvalue weighted by Crippen LogP contribution is 2.25. The van der Waals surface area contributed by atoms with E-state index in [9.17, 15) is 14.4 Å². The Balaban J connectivity index is 1.79. The van der Waals surface area contributed by atoms with Gasteiger partial charge in [0.25, 0.3) is 5.91 Å². The van der Waals surface area contributed by atoms with Gasteiger partial charge >= 0.3 is 11.8 Å². The highest BCUT2D eigenvalue weighted by atomic mass is 32.1. The van der Waals surface area contributed by atoms with E-state index in [1.165, 1.54) is 22.5 Å². The van der Waals surface area contributed by atoms with Gasteiger partial charge in [-0.15, -0.1) is 11.3 Å². The lowest BCUT2D eigenvalue weighted by Crippen LogP contribution is -2.52. The van der Waals surface area contributed by atoms with Crippen LogP contribution in [0.25, 0.3) is 0 Å². The molecule has 1 aliphatic rings. The van der Waals surface area contributed by atoms with Crippen LogP contribution in [0.15, 0.2) is 40.3 Å². The Labute approximate surface area is 174 Å². The van der Waals surface area contributed by atoms with Crippen LogP contribution in [0, 0.1) is 0 Å². The topological polar surface area (TPSA) is 91.7 Å². The van der Waals surface area contributed by atoms with Crippen molar-refractivity contribution in [2.24, 2.45) is 0 Å². The van der Waals surface area contributed by atoms with Crippen LogP contribution < -0.4 is 10.6 Å². The zero-order valence-electron chi connectivity index (χ0n) is 16.7. The van der Waals surface area contributed by atoms with Gasteiger partial charge in [0.1, 0.15) is 5.76 Å². The van der Waals surface area contributed by atoms with E-state index < -0.39 is 17.9 Å². The normalized spacial score (nSPS) is 15.3. The van der Waals surface area contributed by atoms with Gasteiger partial charge < -0.3 is 20.0 Å². The lowest BCUT2D eigenvalue weighted by molar-refractivity contribution is -0.152. The number of hydrogen-bond donors (Lipinski definition) is 2. The van der Waals surface area contributed by atoms with Crippen LogP contribution in [0.1, 0.15) is 56.2 Å². The second-order valence-corrected chi connectivity index (χ2v) is 8.51. The summed E-state index contributed by atoms with van der Waals surface area (Å²) in [5.41, 5.74) is 0. The largest absolute Gasteiger partial charge is 0.467 e. The smallest absolute Gasteiger partial charge is 0.313 e. The minimum Gasteiger partial charge on any atom is -0.467 e. The predicted molar refractivity (Wildman–Crippen MR) is 110 cm³/mol. The first-order valence-electron chi connectivity index (χ1n) is 9.94. The molecule has 0 spiro atoms. The number of rotatable bonds is 7. The van der Waals surface area contributed by atoms with Crippen molar-refractivity contribution in [3.8, 4) is 0 Å². The van der Waals surface area contributed by atoms with Gasteiger partial charge in [-0.1, -0.05) is 18.9 Å². The molecule has 0 unspecified atom stereocenters. The molecule has 0 saturated heterocycles. The average molecular weight is 418 g/mol. The molecule has 0 aliphatic heterocycles. The molecule has 29 heavy (non-hydrogen) atoms. The van der Waals surface area contributed by atoms with Gasteiger partial charge in [0.2, 0.25) is 0 Å². The first-order chi connectivity index (χ1) is 14.0. The summed E-state index contributed by atoms with van der Waals surface area (Å²) >= 11 is 1.53. The molecule has 2 heterocycles. The minimum atomic E-state index is -1.02. The molecule has 8 heteroatoms. The molecule has 2 aromatic heterocycles.